The molecule has 0 aromatic carbocycles. The molecule has 0 radical (unpaired) electrons. The average Bonchev–Trinajstić information content (AvgIpc) is 2.99. The van der Waals surface area contributed by atoms with E-state index in [1.165, 1.54) is 32.1 Å². The SMILES string of the molecule is CCCC(CCO)Nc1nc(C)nc2ccn(CC3CCCCC3)c12. The average molecular weight is 345 g/mol. The highest BCUT2D eigenvalue weighted by atomic mass is 16.3. The lowest BCUT2D eigenvalue weighted by Crippen LogP contribution is -2.22. The van der Waals surface area contributed by atoms with Crippen LogP contribution in [0.5, 0.6) is 0 Å². The Bertz CT molecular complexity index is 670. The Hall–Kier alpha value is -1.62. The van der Waals surface area contributed by atoms with E-state index >= 15 is 0 Å². The van der Waals surface area contributed by atoms with E-state index in [0.29, 0.717) is 0 Å². The molecule has 3 rings (SSSR count). The number of nitrogens with zero attached hydrogens (tertiary/aromatic N) is 3. The van der Waals surface area contributed by atoms with Gasteiger partial charge in [-0.15, -0.1) is 0 Å². The molecule has 1 aliphatic carbocycles. The summed E-state index contributed by atoms with van der Waals surface area (Å²) < 4.78 is 2.34. The largest absolute Gasteiger partial charge is 0.396 e. The van der Waals surface area contributed by atoms with Crippen LogP contribution in [0.25, 0.3) is 11.0 Å². The van der Waals surface area contributed by atoms with Crippen LogP contribution in [0.15, 0.2) is 12.3 Å². The zero-order valence-electron chi connectivity index (χ0n) is 15.7. The van der Waals surface area contributed by atoms with Gasteiger partial charge in [0.1, 0.15) is 11.3 Å². The number of aromatic nitrogens is 3. The summed E-state index contributed by atoms with van der Waals surface area (Å²) in [7, 11) is 0. The first-order chi connectivity index (χ1) is 12.2. The Morgan fingerprint density at radius 3 is 2.76 bits per heavy atom. The van der Waals surface area contributed by atoms with Crippen molar-refractivity contribution in [3.8, 4) is 0 Å². The number of hydrogen-bond donors (Lipinski definition) is 2. The molecular formula is C20H32N4O. The van der Waals surface area contributed by atoms with Gasteiger partial charge in [-0.2, -0.15) is 0 Å². The van der Waals surface area contributed by atoms with Gasteiger partial charge >= 0.3 is 0 Å². The zero-order chi connectivity index (χ0) is 17.6. The van der Waals surface area contributed by atoms with Crippen molar-refractivity contribution in [3.05, 3.63) is 18.1 Å². The molecule has 1 aliphatic rings. The lowest BCUT2D eigenvalue weighted by molar-refractivity contribution is 0.276. The van der Waals surface area contributed by atoms with Gasteiger partial charge in [0.2, 0.25) is 0 Å². The van der Waals surface area contributed by atoms with Crippen LogP contribution < -0.4 is 5.32 Å². The van der Waals surface area contributed by atoms with Crippen molar-refractivity contribution >= 4 is 16.9 Å². The predicted molar refractivity (Wildman–Crippen MR) is 103 cm³/mol. The van der Waals surface area contributed by atoms with Crippen molar-refractivity contribution in [1.82, 2.24) is 14.5 Å². The minimum atomic E-state index is 0.202. The molecule has 5 nitrogen and oxygen atoms in total. The van der Waals surface area contributed by atoms with E-state index in [1.807, 2.05) is 6.92 Å². The van der Waals surface area contributed by atoms with Crippen molar-refractivity contribution in [2.24, 2.45) is 5.92 Å². The van der Waals surface area contributed by atoms with E-state index in [4.69, 9.17) is 4.98 Å². The van der Waals surface area contributed by atoms with Gasteiger partial charge in [0.05, 0.1) is 5.52 Å². The Morgan fingerprint density at radius 1 is 1.24 bits per heavy atom. The van der Waals surface area contributed by atoms with E-state index in [9.17, 15) is 5.11 Å². The molecule has 0 saturated heterocycles. The number of aryl methyl sites for hydroxylation is 1. The van der Waals surface area contributed by atoms with E-state index in [0.717, 1.165) is 54.4 Å². The van der Waals surface area contributed by atoms with Crippen LogP contribution in [0.3, 0.4) is 0 Å². The van der Waals surface area contributed by atoms with Crippen LogP contribution in [-0.4, -0.2) is 32.3 Å². The summed E-state index contributed by atoms with van der Waals surface area (Å²) in [5.74, 6) is 2.49. The summed E-state index contributed by atoms with van der Waals surface area (Å²) in [6, 6.07) is 2.37. The summed E-state index contributed by atoms with van der Waals surface area (Å²) in [5, 5.41) is 13.0. The maximum Gasteiger partial charge on any atom is 0.154 e. The van der Waals surface area contributed by atoms with Crippen molar-refractivity contribution in [2.45, 2.75) is 77.8 Å². The smallest absolute Gasteiger partial charge is 0.154 e. The molecule has 1 fully saturated rings. The lowest BCUT2D eigenvalue weighted by atomic mass is 9.89. The maximum absolute atomic E-state index is 9.36. The van der Waals surface area contributed by atoms with Gasteiger partial charge in [-0.05, 0) is 44.6 Å². The molecule has 0 aliphatic heterocycles. The normalized spacial score (nSPS) is 17.1. The molecule has 1 atom stereocenters. The summed E-state index contributed by atoms with van der Waals surface area (Å²) in [6.07, 6.45) is 11.8. The number of rotatable bonds is 8. The quantitative estimate of drug-likeness (QED) is 0.750. The molecule has 2 heterocycles. The molecule has 1 saturated carbocycles. The summed E-state index contributed by atoms with van der Waals surface area (Å²) in [6.45, 7) is 5.39. The molecule has 138 valence electrons. The van der Waals surface area contributed by atoms with Gasteiger partial charge in [0, 0.05) is 25.4 Å². The Balaban J connectivity index is 1.88. The molecule has 2 aromatic rings. The van der Waals surface area contributed by atoms with Gasteiger partial charge in [-0.25, -0.2) is 9.97 Å². The number of anilines is 1. The highest BCUT2D eigenvalue weighted by Gasteiger charge is 2.18. The van der Waals surface area contributed by atoms with E-state index in [-0.39, 0.29) is 12.6 Å². The number of fused-ring (bicyclic) bond motifs is 1. The summed E-state index contributed by atoms with van der Waals surface area (Å²) in [5.41, 5.74) is 2.14. The fourth-order valence-electron chi connectivity index (χ4n) is 4.11. The Morgan fingerprint density at radius 2 is 2.04 bits per heavy atom. The van der Waals surface area contributed by atoms with Crippen molar-refractivity contribution in [2.75, 3.05) is 11.9 Å². The molecule has 0 bridgehead atoms. The third-order valence-corrected chi connectivity index (χ3v) is 5.36. The third-order valence-electron chi connectivity index (χ3n) is 5.36. The predicted octanol–water partition coefficient (Wildman–Crippen LogP) is 4.28. The minimum absolute atomic E-state index is 0.202. The van der Waals surface area contributed by atoms with E-state index < -0.39 is 0 Å². The fraction of sp³-hybridized carbons (Fsp3) is 0.700. The van der Waals surface area contributed by atoms with Gasteiger partial charge in [0.15, 0.2) is 5.82 Å². The fourth-order valence-corrected chi connectivity index (χ4v) is 4.11. The zero-order valence-corrected chi connectivity index (χ0v) is 15.7. The molecular weight excluding hydrogens is 312 g/mol. The van der Waals surface area contributed by atoms with Crippen molar-refractivity contribution in [3.63, 3.8) is 0 Å². The molecule has 2 aromatic heterocycles. The van der Waals surface area contributed by atoms with Crippen LogP contribution in [0.2, 0.25) is 0 Å². The van der Waals surface area contributed by atoms with Crippen LogP contribution in [0.1, 0.15) is 64.1 Å². The Kier molecular flexibility index (Phi) is 6.29. The number of aliphatic hydroxyl groups excluding tert-OH is 1. The topological polar surface area (TPSA) is 63.0 Å². The Labute approximate surface area is 150 Å². The van der Waals surface area contributed by atoms with Crippen LogP contribution >= 0.6 is 0 Å². The molecule has 25 heavy (non-hydrogen) atoms. The van der Waals surface area contributed by atoms with Crippen LogP contribution in [0, 0.1) is 12.8 Å². The second-order valence-electron chi connectivity index (χ2n) is 7.47. The van der Waals surface area contributed by atoms with Crippen LogP contribution in [0.4, 0.5) is 5.82 Å². The molecule has 0 amide bonds. The first-order valence-electron chi connectivity index (χ1n) is 9.92. The maximum atomic E-state index is 9.36. The van der Waals surface area contributed by atoms with Gasteiger partial charge in [0.25, 0.3) is 0 Å². The number of nitrogens with one attached hydrogen (secondary N) is 1. The number of aliphatic hydroxyl groups is 1. The van der Waals surface area contributed by atoms with Crippen molar-refractivity contribution < 1.29 is 5.11 Å². The van der Waals surface area contributed by atoms with Gasteiger partial charge in [-0.3, -0.25) is 0 Å². The van der Waals surface area contributed by atoms with Crippen LogP contribution in [-0.2, 0) is 6.54 Å². The third kappa shape index (κ3) is 4.51. The van der Waals surface area contributed by atoms with E-state index in [2.05, 4.69) is 34.1 Å². The second kappa shape index (κ2) is 8.65. The monoisotopic (exact) mass is 344 g/mol. The molecule has 5 heteroatoms. The first kappa shape index (κ1) is 18.2. The standard InChI is InChI=1S/C20H32N4O/c1-3-7-17(11-13-25)23-20-19-18(21-15(2)22-20)10-12-24(19)14-16-8-5-4-6-9-16/h10,12,16-17,25H,3-9,11,13-14H2,1-2H3,(H,21,22,23). The van der Waals surface area contributed by atoms with E-state index in [1.54, 1.807) is 0 Å². The number of hydrogen-bond acceptors (Lipinski definition) is 4. The highest BCUT2D eigenvalue weighted by molar-refractivity contribution is 5.86. The van der Waals surface area contributed by atoms with Crippen molar-refractivity contribution in [1.29, 1.82) is 0 Å². The minimum Gasteiger partial charge on any atom is -0.396 e. The highest BCUT2D eigenvalue weighted by Crippen LogP contribution is 2.29. The summed E-state index contributed by atoms with van der Waals surface area (Å²) in [4.78, 5) is 9.33. The van der Waals surface area contributed by atoms with Gasteiger partial charge in [-0.1, -0.05) is 32.6 Å². The molecule has 0 spiro atoms. The van der Waals surface area contributed by atoms with Gasteiger partial charge < -0.3 is 15.0 Å². The molecule has 1 unspecified atom stereocenters. The molecule has 2 N–H and O–H groups in total. The summed E-state index contributed by atoms with van der Waals surface area (Å²) >= 11 is 0. The second-order valence-corrected chi connectivity index (χ2v) is 7.47. The lowest BCUT2D eigenvalue weighted by Gasteiger charge is -2.23. The first-order valence-corrected chi connectivity index (χ1v) is 9.92.